The second-order valence-corrected chi connectivity index (χ2v) is 11.8. The smallest absolute Gasteiger partial charge is 0.435 e. The first-order valence-electron chi connectivity index (χ1n) is 14.6. The molecule has 0 amide bonds. The van der Waals surface area contributed by atoms with Gasteiger partial charge in [-0.25, -0.2) is 14.2 Å². The molecule has 3 aliphatic rings. The normalized spacial score (nSPS) is 22.2. The van der Waals surface area contributed by atoms with Crippen molar-refractivity contribution in [2.45, 2.75) is 70.2 Å². The van der Waals surface area contributed by atoms with Crippen molar-refractivity contribution in [3.05, 3.63) is 75.6 Å². The number of nitrogens with zero attached hydrogens (tertiary/aromatic N) is 3. The number of imidazole rings is 1. The van der Waals surface area contributed by atoms with Crippen LogP contribution in [0.3, 0.4) is 0 Å². The van der Waals surface area contributed by atoms with E-state index in [4.69, 9.17) is 30.5 Å². The van der Waals surface area contributed by atoms with Crippen LogP contribution >= 0.6 is 11.6 Å². The third-order valence-corrected chi connectivity index (χ3v) is 8.62. The first-order valence-corrected chi connectivity index (χ1v) is 15.0. The van der Waals surface area contributed by atoms with E-state index in [9.17, 15) is 22.4 Å². The lowest BCUT2D eigenvalue weighted by molar-refractivity contribution is -0.141. The van der Waals surface area contributed by atoms with Crippen LogP contribution in [0.1, 0.15) is 72.2 Å². The van der Waals surface area contributed by atoms with Crippen molar-refractivity contribution < 1.29 is 41.3 Å². The topological polar surface area (TPSA) is 75.0 Å². The third kappa shape index (κ3) is 5.87. The molecule has 0 spiro atoms. The number of aromatic nitrogens is 2. The highest BCUT2D eigenvalue weighted by Gasteiger charge is 2.44. The zero-order chi connectivity index (χ0) is 31.2. The zero-order valence-electron chi connectivity index (χ0n) is 24.3. The van der Waals surface area contributed by atoms with Crippen molar-refractivity contribution >= 4 is 17.6 Å². The van der Waals surface area contributed by atoms with Gasteiger partial charge in [-0.2, -0.15) is 13.2 Å². The highest BCUT2D eigenvalue weighted by atomic mass is 35.5. The molecule has 2 saturated heterocycles. The van der Waals surface area contributed by atoms with Crippen LogP contribution in [-0.4, -0.2) is 52.8 Å². The number of fused-ring (bicyclic) bond motifs is 1. The standard InChI is InChI=1S/C31H32ClF4N3O5/c1-3-41-29(40)26-28(31(34,35)36)37-25(39(26)16-20-11-14-42-20)17-38-12-9-18(10-13-38)21-5-4-6-24-27(21)44-30(2,43-24)22-8-7-19(32)15-23(22)33/h4-8,15,18,20H,3,9-14,16-17H2,1-2H3/t20-,30-/m0/s1. The van der Waals surface area contributed by atoms with Gasteiger partial charge < -0.3 is 23.5 Å². The van der Waals surface area contributed by atoms with Gasteiger partial charge in [-0.1, -0.05) is 23.7 Å². The molecule has 2 fully saturated rings. The van der Waals surface area contributed by atoms with Crippen LogP contribution in [0, 0.1) is 5.82 Å². The molecule has 2 aromatic carbocycles. The van der Waals surface area contributed by atoms with Crippen LogP contribution in [0.15, 0.2) is 36.4 Å². The molecule has 4 heterocycles. The van der Waals surface area contributed by atoms with Crippen LogP contribution in [0.25, 0.3) is 0 Å². The van der Waals surface area contributed by atoms with E-state index in [0.29, 0.717) is 50.5 Å². The average molecular weight is 638 g/mol. The Hall–Kier alpha value is -3.35. The number of ether oxygens (including phenoxy) is 4. The quantitative estimate of drug-likeness (QED) is 0.201. The Morgan fingerprint density at radius 2 is 1.91 bits per heavy atom. The monoisotopic (exact) mass is 637 g/mol. The van der Waals surface area contributed by atoms with Gasteiger partial charge in [0.25, 0.3) is 5.79 Å². The number of benzene rings is 2. The number of carbonyl (C=O) groups excluding carboxylic acids is 1. The van der Waals surface area contributed by atoms with Crippen LogP contribution in [0.2, 0.25) is 5.02 Å². The molecule has 1 aromatic heterocycles. The van der Waals surface area contributed by atoms with Gasteiger partial charge in [-0.3, -0.25) is 4.90 Å². The average Bonchev–Trinajstić information content (AvgIpc) is 3.48. The summed E-state index contributed by atoms with van der Waals surface area (Å²) < 4.78 is 81.0. The number of piperidine rings is 1. The summed E-state index contributed by atoms with van der Waals surface area (Å²) in [5.74, 6) is -1.69. The molecule has 2 atom stereocenters. The maximum atomic E-state index is 14.8. The van der Waals surface area contributed by atoms with E-state index in [1.54, 1.807) is 32.0 Å². The van der Waals surface area contributed by atoms with E-state index < -0.39 is 35.1 Å². The first-order chi connectivity index (χ1) is 21.0. The van der Waals surface area contributed by atoms with Crippen LogP contribution in [0.4, 0.5) is 17.6 Å². The summed E-state index contributed by atoms with van der Waals surface area (Å²) in [6, 6.07) is 9.93. The summed E-state index contributed by atoms with van der Waals surface area (Å²) in [5.41, 5.74) is -0.677. The minimum absolute atomic E-state index is 0.0597. The zero-order valence-corrected chi connectivity index (χ0v) is 25.0. The second kappa shape index (κ2) is 11.9. The van der Waals surface area contributed by atoms with E-state index in [0.717, 1.165) is 5.56 Å². The maximum Gasteiger partial charge on any atom is 0.435 e. The Bertz CT molecular complexity index is 1550. The van der Waals surface area contributed by atoms with Gasteiger partial charge in [0.05, 0.1) is 31.4 Å². The predicted molar refractivity (Wildman–Crippen MR) is 151 cm³/mol. The minimum atomic E-state index is -4.82. The van der Waals surface area contributed by atoms with Gasteiger partial charge in [0.1, 0.15) is 11.6 Å². The molecule has 0 unspecified atom stereocenters. The molecule has 3 aromatic rings. The van der Waals surface area contributed by atoms with Crippen LogP contribution in [-0.2, 0) is 34.5 Å². The molecule has 13 heteroatoms. The van der Waals surface area contributed by atoms with Crippen molar-refractivity contribution in [3.8, 4) is 11.5 Å². The SMILES string of the molecule is CCOC(=O)c1c(C(F)(F)F)nc(CN2CCC(c3cccc4c3O[C@@](C)(c3ccc(Cl)cc3F)O4)CC2)n1C[C@@H]1CCO1. The van der Waals surface area contributed by atoms with E-state index >= 15 is 0 Å². The molecule has 0 bridgehead atoms. The number of hydrogen-bond acceptors (Lipinski definition) is 7. The summed E-state index contributed by atoms with van der Waals surface area (Å²) in [4.78, 5) is 18.7. The lowest BCUT2D eigenvalue weighted by Crippen LogP contribution is -2.36. The van der Waals surface area contributed by atoms with Crippen molar-refractivity contribution in [1.29, 1.82) is 0 Å². The number of carbonyl (C=O) groups is 1. The number of halogens is 5. The summed E-state index contributed by atoms with van der Waals surface area (Å²) in [6.07, 6.45) is -3.06. The van der Waals surface area contributed by atoms with Gasteiger partial charge in [0.2, 0.25) is 0 Å². The molecule has 236 valence electrons. The maximum absolute atomic E-state index is 14.8. The van der Waals surface area contributed by atoms with E-state index in [1.165, 1.54) is 10.6 Å². The fourth-order valence-electron chi connectivity index (χ4n) is 6.09. The molecule has 3 aliphatic heterocycles. The number of esters is 1. The molecule has 8 nitrogen and oxygen atoms in total. The summed E-state index contributed by atoms with van der Waals surface area (Å²) in [7, 11) is 0. The Morgan fingerprint density at radius 3 is 2.55 bits per heavy atom. The lowest BCUT2D eigenvalue weighted by atomic mass is 9.88. The highest BCUT2D eigenvalue weighted by Crippen LogP contribution is 2.50. The second-order valence-electron chi connectivity index (χ2n) is 11.3. The molecule has 0 aliphatic carbocycles. The summed E-state index contributed by atoms with van der Waals surface area (Å²) in [6.45, 7) is 5.02. The van der Waals surface area contributed by atoms with Gasteiger partial charge in [0, 0.05) is 24.1 Å². The van der Waals surface area contributed by atoms with E-state index in [-0.39, 0.29) is 48.1 Å². The van der Waals surface area contributed by atoms with Crippen LogP contribution < -0.4 is 9.47 Å². The van der Waals surface area contributed by atoms with Gasteiger partial charge in [0.15, 0.2) is 22.9 Å². The van der Waals surface area contributed by atoms with Gasteiger partial charge in [-0.05, 0) is 69.5 Å². The summed E-state index contributed by atoms with van der Waals surface area (Å²) >= 11 is 5.94. The third-order valence-electron chi connectivity index (χ3n) is 8.39. The Balaban J connectivity index is 1.20. The number of alkyl halides is 3. The van der Waals surface area contributed by atoms with Crippen molar-refractivity contribution in [2.75, 3.05) is 26.3 Å². The molecule has 0 radical (unpaired) electrons. The number of likely N-dealkylation sites (tertiary alicyclic amines) is 1. The molecule has 44 heavy (non-hydrogen) atoms. The molecule has 0 N–H and O–H groups in total. The van der Waals surface area contributed by atoms with Gasteiger partial charge >= 0.3 is 12.1 Å². The molecule has 6 rings (SSSR count). The first kappa shape index (κ1) is 30.7. The number of para-hydroxylation sites is 1. The highest BCUT2D eigenvalue weighted by molar-refractivity contribution is 6.30. The largest absolute Gasteiger partial charge is 0.461 e. The predicted octanol–water partition coefficient (Wildman–Crippen LogP) is 6.68. The number of hydrogen-bond donors (Lipinski definition) is 0. The lowest BCUT2D eigenvalue weighted by Gasteiger charge is -2.33. The fourth-order valence-corrected chi connectivity index (χ4v) is 6.25. The van der Waals surface area contributed by atoms with Gasteiger partial charge in [-0.15, -0.1) is 0 Å². The molecule has 0 saturated carbocycles. The van der Waals surface area contributed by atoms with Crippen molar-refractivity contribution in [1.82, 2.24) is 14.5 Å². The van der Waals surface area contributed by atoms with Crippen molar-refractivity contribution in [3.63, 3.8) is 0 Å². The minimum Gasteiger partial charge on any atom is -0.461 e. The van der Waals surface area contributed by atoms with E-state index in [1.807, 2.05) is 17.0 Å². The number of rotatable bonds is 8. The fraction of sp³-hybridized carbons (Fsp3) is 0.484. The van der Waals surface area contributed by atoms with Crippen LogP contribution in [0.5, 0.6) is 11.5 Å². The Labute approximate surface area is 256 Å². The molecular formula is C31H32ClF4N3O5. The Morgan fingerprint density at radius 1 is 1.16 bits per heavy atom. The molecular weight excluding hydrogens is 606 g/mol. The van der Waals surface area contributed by atoms with E-state index in [2.05, 4.69) is 4.98 Å². The van der Waals surface area contributed by atoms with Crippen molar-refractivity contribution in [2.24, 2.45) is 0 Å². The summed E-state index contributed by atoms with van der Waals surface area (Å²) in [5, 5.41) is 0.267. The Kier molecular flexibility index (Phi) is 8.27.